The highest BCUT2D eigenvalue weighted by Crippen LogP contribution is 2.29. The van der Waals surface area contributed by atoms with E-state index in [1.165, 1.54) is 0 Å². The summed E-state index contributed by atoms with van der Waals surface area (Å²) in [5.41, 5.74) is 1.05. The van der Waals surface area contributed by atoms with Crippen LogP contribution in [0.15, 0.2) is 18.2 Å². The molecule has 4 heteroatoms. The molecule has 106 valence electrons. The summed E-state index contributed by atoms with van der Waals surface area (Å²) in [4.78, 5) is 0. The zero-order valence-electron chi connectivity index (χ0n) is 11.6. The Balaban J connectivity index is 2.01. The lowest BCUT2D eigenvalue weighted by atomic mass is 9.91. The maximum Gasteiger partial charge on any atom is 0.160 e. The van der Waals surface area contributed by atoms with Crippen LogP contribution in [-0.4, -0.2) is 38.6 Å². The van der Waals surface area contributed by atoms with E-state index >= 15 is 0 Å². The Morgan fingerprint density at radius 3 is 2.74 bits per heavy atom. The summed E-state index contributed by atoms with van der Waals surface area (Å²) in [7, 11) is 3.23. The Bertz CT molecular complexity index is 399. The van der Waals surface area contributed by atoms with E-state index in [9.17, 15) is 5.11 Å². The Morgan fingerprint density at radius 1 is 1.32 bits per heavy atom. The molecule has 1 aromatic rings. The van der Waals surface area contributed by atoms with E-state index in [4.69, 9.17) is 14.2 Å². The molecule has 1 heterocycles. The average Bonchev–Trinajstić information content (AvgIpc) is 2.48. The summed E-state index contributed by atoms with van der Waals surface area (Å²) in [6.45, 7) is 1.48. The molecule has 1 fully saturated rings. The highest BCUT2D eigenvalue weighted by atomic mass is 16.5. The first-order chi connectivity index (χ1) is 9.24. The molecule has 0 saturated carbocycles. The number of aliphatic hydroxyl groups excluding tert-OH is 1. The van der Waals surface area contributed by atoms with Crippen molar-refractivity contribution < 1.29 is 19.3 Å². The molecule has 2 unspecified atom stereocenters. The maximum atomic E-state index is 10.3. The lowest BCUT2D eigenvalue weighted by molar-refractivity contribution is -0.00848. The number of aliphatic hydroxyl groups is 1. The molecule has 0 radical (unpaired) electrons. The number of hydrogen-bond donors (Lipinski definition) is 1. The molecule has 0 spiro atoms. The van der Waals surface area contributed by atoms with E-state index in [2.05, 4.69) is 0 Å². The van der Waals surface area contributed by atoms with Gasteiger partial charge in [-0.05, 0) is 37.0 Å². The number of methoxy groups -OCH3 is 2. The predicted molar refractivity (Wildman–Crippen MR) is 72.8 cm³/mol. The first kappa shape index (κ1) is 14.2. The molecule has 1 saturated heterocycles. The van der Waals surface area contributed by atoms with Crippen LogP contribution in [0.5, 0.6) is 11.5 Å². The van der Waals surface area contributed by atoms with Crippen LogP contribution in [0.1, 0.15) is 18.4 Å². The van der Waals surface area contributed by atoms with Gasteiger partial charge in [0.15, 0.2) is 11.5 Å². The SMILES string of the molecule is COc1ccc(CC(O)C2CCCOC2)cc1OC. The van der Waals surface area contributed by atoms with Crippen molar-refractivity contribution in [1.29, 1.82) is 0 Å². The van der Waals surface area contributed by atoms with Gasteiger partial charge in [-0.25, -0.2) is 0 Å². The van der Waals surface area contributed by atoms with Crippen LogP contribution < -0.4 is 9.47 Å². The largest absolute Gasteiger partial charge is 0.493 e. The molecule has 0 aliphatic carbocycles. The van der Waals surface area contributed by atoms with Gasteiger partial charge >= 0.3 is 0 Å². The first-order valence-corrected chi connectivity index (χ1v) is 6.71. The van der Waals surface area contributed by atoms with E-state index < -0.39 is 0 Å². The zero-order valence-corrected chi connectivity index (χ0v) is 11.6. The van der Waals surface area contributed by atoms with Crippen molar-refractivity contribution >= 4 is 0 Å². The van der Waals surface area contributed by atoms with E-state index in [1.807, 2.05) is 18.2 Å². The molecule has 1 N–H and O–H groups in total. The smallest absolute Gasteiger partial charge is 0.160 e. The van der Waals surface area contributed by atoms with Gasteiger partial charge in [-0.2, -0.15) is 0 Å². The highest BCUT2D eigenvalue weighted by molar-refractivity contribution is 5.43. The average molecular weight is 266 g/mol. The number of benzene rings is 1. The van der Waals surface area contributed by atoms with Gasteiger partial charge in [-0.15, -0.1) is 0 Å². The summed E-state index contributed by atoms with van der Waals surface area (Å²) in [6, 6.07) is 5.76. The van der Waals surface area contributed by atoms with Crippen molar-refractivity contribution in [3.05, 3.63) is 23.8 Å². The molecule has 2 atom stereocenters. The van der Waals surface area contributed by atoms with Crippen LogP contribution in [0.25, 0.3) is 0 Å². The minimum atomic E-state index is -0.363. The van der Waals surface area contributed by atoms with Crippen LogP contribution in [0.4, 0.5) is 0 Å². The second-order valence-electron chi connectivity index (χ2n) is 4.94. The van der Waals surface area contributed by atoms with Crippen molar-refractivity contribution in [2.45, 2.75) is 25.4 Å². The Morgan fingerprint density at radius 2 is 2.11 bits per heavy atom. The van der Waals surface area contributed by atoms with Gasteiger partial charge in [0.05, 0.1) is 26.9 Å². The van der Waals surface area contributed by atoms with E-state index in [-0.39, 0.29) is 12.0 Å². The first-order valence-electron chi connectivity index (χ1n) is 6.71. The Kier molecular flexibility index (Phi) is 5.05. The Labute approximate surface area is 114 Å². The van der Waals surface area contributed by atoms with Crippen LogP contribution in [0, 0.1) is 5.92 Å². The van der Waals surface area contributed by atoms with Gasteiger partial charge in [-0.1, -0.05) is 6.07 Å². The van der Waals surface area contributed by atoms with E-state index in [0.29, 0.717) is 24.5 Å². The molecule has 0 amide bonds. The van der Waals surface area contributed by atoms with Crippen LogP contribution in [0.2, 0.25) is 0 Å². The minimum absolute atomic E-state index is 0.238. The summed E-state index contributed by atoms with van der Waals surface area (Å²) >= 11 is 0. The topological polar surface area (TPSA) is 47.9 Å². The van der Waals surface area contributed by atoms with Crippen molar-refractivity contribution in [2.24, 2.45) is 5.92 Å². The standard InChI is InChI=1S/C15H22O4/c1-17-14-6-5-11(9-15(14)18-2)8-13(16)12-4-3-7-19-10-12/h5-6,9,12-13,16H,3-4,7-8,10H2,1-2H3. The van der Waals surface area contributed by atoms with Gasteiger partial charge < -0.3 is 19.3 Å². The normalized spacial score (nSPS) is 20.9. The fourth-order valence-electron chi connectivity index (χ4n) is 2.48. The second-order valence-corrected chi connectivity index (χ2v) is 4.94. The molecule has 4 nitrogen and oxygen atoms in total. The lowest BCUT2D eigenvalue weighted by Gasteiger charge is -2.26. The molecule has 2 rings (SSSR count). The molecule has 0 bridgehead atoms. The molecule has 1 aromatic carbocycles. The third-order valence-corrected chi connectivity index (χ3v) is 3.63. The molecular weight excluding hydrogens is 244 g/mol. The van der Waals surface area contributed by atoms with Gasteiger partial charge in [0.25, 0.3) is 0 Å². The number of ether oxygens (including phenoxy) is 3. The zero-order chi connectivity index (χ0) is 13.7. The van der Waals surface area contributed by atoms with Crippen LogP contribution in [0.3, 0.4) is 0 Å². The third-order valence-electron chi connectivity index (χ3n) is 3.63. The fraction of sp³-hybridized carbons (Fsp3) is 0.600. The quantitative estimate of drug-likeness (QED) is 0.886. The van der Waals surface area contributed by atoms with Gasteiger partial charge in [0.1, 0.15) is 0 Å². The van der Waals surface area contributed by atoms with Crippen LogP contribution in [-0.2, 0) is 11.2 Å². The molecule has 1 aliphatic rings. The van der Waals surface area contributed by atoms with Crippen molar-refractivity contribution in [2.75, 3.05) is 27.4 Å². The van der Waals surface area contributed by atoms with Gasteiger partial charge in [0, 0.05) is 12.5 Å². The van der Waals surface area contributed by atoms with Crippen molar-refractivity contribution in [3.63, 3.8) is 0 Å². The van der Waals surface area contributed by atoms with Gasteiger partial charge in [-0.3, -0.25) is 0 Å². The molecule has 19 heavy (non-hydrogen) atoms. The van der Waals surface area contributed by atoms with Crippen LogP contribution >= 0.6 is 0 Å². The summed E-state index contributed by atoms with van der Waals surface area (Å²) in [5, 5.41) is 10.3. The van der Waals surface area contributed by atoms with Crippen molar-refractivity contribution in [1.82, 2.24) is 0 Å². The maximum absolute atomic E-state index is 10.3. The Hall–Kier alpha value is -1.26. The summed E-state index contributed by atoms with van der Waals surface area (Å²) in [5.74, 6) is 1.65. The third kappa shape index (κ3) is 3.61. The van der Waals surface area contributed by atoms with Crippen molar-refractivity contribution in [3.8, 4) is 11.5 Å². The highest BCUT2D eigenvalue weighted by Gasteiger charge is 2.22. The second kappa shape index (κ2) is 6.78. The fourth-order valence-corrected chi connectivity index (χ4v) is 2.48. The van der Waals surface area contributed by atoms with Gasteiger partial charge in [0.2, 0.25) is 0 Å². The number of hydrogen-bond acceptors (Lipinski definition) is 4. The molecule has 1 aliphatic heterocycles. The predicted octanol–water partition coefficient (Wildman–Crippen LogP) is 2.03. The minimum Gasteiger partial charge on any atom is -0.493 e. The molecule has 0 aromatic heterocycles. The number of rotatable bonds is 5. The summed E-state index contributed by atoms with van der Waals surface area (Å²) < 4.78 is 15.9. The summed E-state index contributed by atoms with van der Waals surface area (Å²) in [6.07, 6.45) is 2.33. The van der Waals surface area contributed by atoms with E-state index in [0.717, 1.165) is 25.0 Å². The monoisotopic (exact) mass is 266 g/mol. The lowest BCUT2D eigenvalue weighted by Crippen LogP contribution is -2.30. The molecular formula is C15H22O4. The van der Waals surface area contributed by atoms with E-state index in [1.54, 1.807) is 14.2 Å².